The minimum atomic E-state index is -0.299. The van der Waals surface area contributed by atoms with Crippen LogP contribution < -0.4 is 16.0 Å². The van der Waals surface area contributed by atoms with Gasteiger partial charge in [0.2, 0.25) is 5.91 Å². The Balaban J connectivity index is 1.76. The van der Waals surface area contributed by atoms with Gasteiger partial charge in [0.1, 0.15) is 6.04 Å². The summed E-state index contributed by atoms with van der Waals surface area (Å²) in [5.41, 5.74) is 2.47. The lowest BCUT2D eigenvalue weighted by Gasteiger charge is -2.12. The van der Waals surface area contributed by atoms with Gasteiger partial charge >= 0.3 is 0 Å². The highest BCUT2D eigenvalue weighted by atomic mass is 35.5. The fourth-order valence-electron chi connectivity index (χ4n) is 2.40. The first-order chi connectivity index (χ1) is 12.4. The number of quaternary nitrogens is 1. The smallest absolute Gasteiger partial charge is 0.275 e. The van der Waals surface area contributed by atoms with Crippen molar-refractivity contribution in [3.05, 3.63) is 63.6 Å². The Kier molecular flexibility index (Phi) is 7.45. The van der Waals surface area contributed by atoms with E-state index in [1.54, 1.807) is 18.2 Å². The molecule has 0 saturated carbocycles. The molecular formula is C19H22Cl2N3O2+. The Morgan fingerprint density at radius 3 is 2.58 bits per heavy atom. The standard InChI is InChI=1S/C19H21Cl2N3O2/c1-12-16(21)7-4-8-17(12)24-19(26)11-23-18(25)10-22-13(2)14-5-3-6-15(20)9-14/h3-9,13,22H,10-11H2,1-2H3,(H,23,25)(H,24,26)/p+1/t13-/m0/s1. The van der Waals surface area contributed by atoms with E-state index in [1.165, 1.54) is 0 Å². The van der Waals surface area contributed by atoms with Gasteiger partial charge in [0.15, 0.2) is 6.54 Å². The maximum absolute atomic E-state index is 12.0. The van der Waals surface area contributed by atoms with E-state index in [0.717, 1.165) is 11.1 Å². The Hall–Kier alpha value is -2.08. The molecular weight excluding hydrogens is 373 g/mol. The average Bonchev–Trinajstić information content (AvgIpc) is 2.61. The predicted octanol–water partition coefficient (Wildman–Crippen LogP) is 2.68. The Morgan fingerprint density at radius 2 is 1.85 bits per heavy atom. The maximum Gasteiger partial charge on any atom is 0.275 e. The second-order valence-corrected chi connectivity index (χ2v) is 6.86. The molecule has 4 N–H and O–H groups in total. The lowest BCUT2D eigenvalue weighted by molar-refractivity contribution is -0.682. The third-order valence-corrected chi connectivity index (χ3v) is 4.66. The van der Waals surface area contributed by atoms with Gasteiger partial charge in [-0.15, -0.1) is 0 Å². The molecule has 2 rings (SSSR count). The van der Waals surface area contributed by atoms with E-state index >= 15 is 0 Å². The first-order valence-electron chi connectivity index (χ1n) is 8.27. The van der Waals surface area contributed by atoms with Gasteiger partial charge in [0.05, 0.1) is 6.54 Å². The topological polar surface area (TPSA) is 74.8 Å². The minimum absolute atomic E-state index is 0.0855. The number of nitrogens with one attached hydrogen (secondary N) is 2. The monoisotopic (exact) mass is 394 g/mol. The molecule has 0 heterocycles. The van der Waals surface area contributed by atoms with Crippen LogP contribution >= 0.6 is 23.2 Å². The molecule has 26 heavy (non-hydrogen) atoms. The van der Waals surface area contributed by atoms with Gasteiger partial charge in [-0.2, -0.15) is 0 Å². The van der Waals surface area contributed by atoms with Crippen LogP contribution in [0.4, 0.5) is 5.69 Å². The summed E-state index contributed by atoms with van der Waals surface area (Å²) in [6, 6.07) is 12.9. The van der Waals surface area contributed by atoms with Crippen molar-refractivity contribution in [2.45, 2.75) is 19.9 Å². The number of anilines is 1. The molecule has 0 aliphatic rings. The number of amides is 2. The van der Waals surface area contributed by atoms with Gasteiger partial charge in [-0.05, 0) is 43.7 Å². The third-order valence-electron chi connectivity index (χ3n) is 4.02. The van der Waals surface area contributed by atoms with Crippen molar-refractivity contribution in [2.75, 3.05) is 18.4 Å². The van der Waals surface area contributed by atoms with Crippen LogP contribution in [0.2, 0.25) is 10.0 Å². The van der Waals surface area contributed by atoms with Crippen LogP contribution in [0.15, 0.2) is 42.5 Å². The molecule has 5 nitrogen and oxygen atoms in total. The predicted molar refractivity (Wildman–Crippen MR) is 104 cm³/mol. The zero-order chi connectivity index (χ0) is 19.1. The van der Waals surface area contributed by atoms with E-state index in [2.05, 4.69) is 10.6 Å². The van der Waals surface area contributed by atoms with Crippen LogP contribution in [0.25, 0.3) is 0 Å². The molecule has 0 spiro atoms. The molecule has 0 saturated heterocycles. The van der Waals surface area contributed by atoms with Gasteiger partial charge in [0.25, 0.3) is 5.91 Å². The fourth-order valence-corrected chi connectivity index (χ4v) is 2.77. The second-order valence-electron chi connectivity index (χ2n) is 6.02. The quantitative estimate of drug-likeness (QED) is 0.675. The fraction of sp³-hybridized carbons (Fsp3) is 0.263. The first-order valence-corrected chi connectivity index (χ1v) is 9.03. The van der Waals surface area contributed by atoms with Crippen molar-refractivity contribution in [3.63, 3.8) is 0 Å². The lowest BCUT2D eigenvalue weighted by atomic mass is 10.1. The van der Waals surface area contributed by atoms with Gasteiger partial charge in [-0.25, -0.2) is 0 Å². The first kappa shape index (κ1) is 20.2. The highest BCUT2D eigenvalue weighted by molar-refractivity contribution is 6.31. The molecule has 0 unspecified atom stereocenters. The van der Waals surface area contributed by atoms with Crippen molar-refractivity contribution < 1.29 is 14.9 Å². The van der Waals surface area contributed by atoms with Gasteiger partial charge in [-0.3, -0.25) is 9.59 Å². The molecule has 0 fully saturated rings. The normalized spacial score (nSPS) is 11.7. The summed E-state index contributed by atoms with van der Waals surface area (Å²) >= 11 is 12.0. The number of halogens is 2. The SMILES string of the molecule is Cc1c(Cl)cccc1NC(=O)CNC(=O)C[NH2+][C@@H](C)c1cccc(Cl)c1. The molecule has 1 atom stereocenters. The molecule has 0 aliphatic heterocycles. The van der Waals surface area contributed by atoms with E-state index in [0.29, 0.717) is 15.7 Å². The molecule has 7 heteroatoms. The lowest BCUT2D eigenvalue weighted by Crippen LogP contribution is -2.87. The summed E-state index contributed by atoms with van der Waals surface area (Å²) in [6.45, 7) is 3.94. The molecule has 2 amide bonds. The Labute approximate surface area is 163 Å². The highest BCUT2D eigenvalue weighted by Gasteiger charge is 2.13. The molecule has 0 bridgehead atoms. The summed E-state index contributed by atoms with van der Waals surface area (Å²) in [7, 11) is 0. The van der Waals surface area contributed by atoms with Gasteiger partial charge in [-0.1, -0.05) is 41.4 Å². The van der Waals surface area contributed by atoms with Crippen LogP contribution in [-0.4, -0.2) is 24.9 Å². The molecule has 2 aromatic carbocycles. The molecule has 0 aliphatic carbocycles. The molecule has 0 radical (unpaired) electrons. The Bertz CT molecular complexity index is 796. The highest BCUT2D eigenvalue weighted by Crippen LogP contribution is 2.22. The summed E-state index contributed by atoms with van der Waals surface area (Å²) in [5.74, 6) is -0.511. The number of nitrogens with two attached hydrogens (primary N) is 1. The number of hydrogen-bond donors (Lipinski definition) is 3. The molecule has 138 valence electrons. The van der Waals surface area contributed by atoms with Crippen molar-refractivity contribution >= 4 is 40.7 Å². The number of carbonyl (C=O) groups excluding carboxylic acids is 2. The zero-order valence-electron chi connectivity index (χ0n) is 14.7. The van der Waals surface area contributed by atoms with Crippen LogP contribution in [0.1, 0.15) is 24.1 Å². The number of carbonyl (C=O) groups is 2. The van der Waals surface area contributed by atoms with Crippen molar-refractivity contribution in [1.82, 2.24) is 5.32 Å². The zero-order valence-corrected chi connectivity index (χ0v) is 16.2. The number of benzene rings is 2. The van der Waals surface area contributed by atoms with Gasteiger partial charge in [0, 0.05) is 21.3 Å². The summed E-state index contributed by atoms with van der Waals surface area (Å²) in [5, 5.41) is 8.49. The van der Waals surface area contributed by atoms with Crippen LogP contribution in [-0.2, 0) is 9.59 Å². The van der Waals surface area contributed by atoms with E-state index < -0.39 is 0 Å². The molecule has 0 aromatic heterocycles. The van der Waals surface area contributed by atoms with E-state index in [-0.39, 0.29) is 30.9 Å². The van der Waals surface area contributed by atoms with Crippen LogP contribution in [0, 0.1) is 6.92 Å². The van der Waals surface area contributed by atoms with Crippen molar-refractivity contribution in [2.24, 2.45) is 0 Å². The summed E-state index contributed by atoms with van der Waals surface area (Å²) in [4.78, 5) is 23.9. The summed E-state index contributed by atoms with van der Waals surface area (Å²) < 4.78 is 0. The third kappa shape index (κ3) is 6.02. The number of hydrogen-bond acceptors (Lipinski definition) is 2. The van der Waals surface area contributed by atoms with Gasteiger partial charge < -0.3 is 16.0 Å². The molecule has 2 aromatic rings. The van der Waals surface area contributed by atoms with E-state index in [9.17, 15) is 9.59 Å². The van der Waals surface area contributed by atoms with E-state index in [4.69, 9.17) is 23.2 Å². The van der Waals surface area contributed by atoms with E-state index in [1.807, 2.05) is 43.4 Å². The Morgan fingerprint density at radius 1 is 1.12 bits per heavy atom. The second kappa shape index (κ2) is 9.57. The summed E-state index contributed by atoms with van der Waals surface area (Å²) in [6.07, 6.45) is 0. The number of rotatable bonds is 7. The van der Waals surface area contributed by atoms with Crippen molar-refractivity contribution in [3.8, 4) is 0 Å². The largest absolute Gasteiger partial charge is 0.342 e. The minimum Gasteiger partial charge on any atom is -0.342 e. The van der Waals surface area contributed by atoms with Crippen molar-refractivity contribution in [1.29, 1.82) is 0 Å². The average molecular weight is 395 g/mol. The van der Waals surface area contributed by atoms with Crippen LogP contribution in [0.3, 0.4) is 0 Å². The maximum atomic E-state index is 12.0. The van der Waals surface area contributed by atoms with Crippen LogP contribution in [0.5, 0.6) is 0 Å².